The third-order valence-electron chi connectivity index (χ3n) is 4.69. The van der Waals surface area contributed by atoms with E-state index in [0.717, 1.165) is 34.9 Å². The van der Waals surface area contributed by atoms with Gasteiger partial charge in [-0.05, 0) is 40.8 Å². The Bertz CT molecular complexity index is 1140. The van der Waals surface area contributed by atoms with Crippen LogP contribution in [0.15, 0.2) is 57.7 Å². The van der Waals surface area contributed by atoms with Crippen LogP contribution in [0, 0.1) is 0 Å². The van der Waals surface area contributed by atoms with Crippen LogP contribution in [-0.2, 0) is 19.4 Å². The maximum absolute atomic E-state index is 11.9. The molecule has 0 aliphatic heterocycles. The minimum absolute atomic E-state index is 0.355. The number of benzene rings is 2. The number of rotatable bonds is 5. The Morgan fingerprint density at radius 3 is 2.44 bits per heavy atom. The lowest BCUT2D eigenvalue weighted by Gasteiger charge is -2.05. The summed E-state index contributed by atoms with van der Waals surface area (Å²) >= 11 is 0. The molecule has 4 aromatic rings. The van der Waals surface area contributed by atoms with E-state index in [-0.39, 0.29) is 5.63 Å². The molecule has 0 N–H and O–H groups in total. The predicted molar refractivity (Wildman–Crippen MR) is 104 cm³/mol. The van der Waals surface area contributed by atoms with Crippen LogP contribution >= 0.6 is 0 Å². The molecular formula is C21H20N4O2. The topological polar surface area (TPSA) is 73.8 Å². The molecule has 0 aliphatic carbocycles. The Morgan fingerprint density at radius 2 is 1.70 bits per heavy atom. The Morgan fingerprint density at radius 1 is 0.963 bits per heavy atom. The van der Waals surface area contributed by atoms with E-state index in [4.69, 9.17) is 4.42 Å². The maximum atomic E-state index is 11.9. The van der Waals surface area contributed by atoms with Gasteiger partial charge in [0.05, 0.1) is 6.54 Å². The second-order valence-electron chi connectivity index (χ2n) is 6.47. The van der Waals surface area contributed by atoms with E-state index in [2.05, 4.69) is 41.4 Å². The molecule has 0 aliphatic rings. The van der Waals surface area contributed by atoms with E-state index in [1.54, 1.807) is 0 Å². The van der Waals surface area contributed by atoms with Crippen molar-refractivity contribution in [1.82, 2.24) is 20.2 Å². The average Bonchev–Trinajstić information content (AvgIpc) is 3.16. The van der Waals surface area contributed by atoms with E-state index in [1.165, 1.54) is 16.4 Å². The Hall–Kier alpha value is -3.28. The zero-order chi connectivity index (χ0) is 18.8. The molecule has 4 rings (SSSR count). The summed E-state index contributed by atoms with van der Waals surface area (Å²) in [5, 5.41) is 13.6. The first-order chi connectivity index (χ1) is 13.2. The Balaban J connectivity index is 1.66. The summed E-state index contributed by atoms with van der Waals surface area (Å²) in [6, 6.07) is 15.6. The highest BCUT2D eigenvalue weighted by molar-refractivity contribution is 5.80. The van der Waals surface area contributed by atoms with Crippen LogP contribution in [-0.4, -0.2) is 20.2 Å². The normalized spacial score (nSPS) is 11.2. The van der Waals surface area contributed by atoms with Gasteiger partial charge in [0.1, 0.15) is 5.58 Å². The summed E-state index contributed by atoms with van der Waals surface area (Å²) < 4.78 is 5.36. The zero-order valence-corrected chi connectivity index (χ0v) is 15.3. The van der Waals surface area contributed by atoms with Gasteiger partial charge in [0.25, 0.3) is 0 Å². The number of tetrazole rings is 1. The number of hydrogen-bond donors (Lipinski definition) is 0. The van der Waals surface area contributed by atoms with Gasteiger partial charge in [-0.1, -0.05) is 50.2 Å². The molecule has 0 atom stereocenters. The molecular weight excluding hydrogens is 340 g/mol. The lowest BCUT2D eigenvalue weighted by Crippen LogP contribution is -2.08. The zero-order valence-electron chi connectivity index (χ0n) is 15.3. The first kappa shape index (κ1) is 17.1. The number of fused-ring (bicyclic) bond motifs is 1. The van der Waals surface area contributed by atoms with E-state index in [1.807, 2.05) is 30.3 Å². The minimum Gasteiger partial charge on any atom is -0.423 e. The summed E-state index contributed by atoms with van der Waals surface area (Å²) in [5.41, 5.74) is 4.34. The van der Waals surface area contributed by atoms with Gasteiger partial charge < -0.3 is 4.42 Å². The number of aromatic nitrogens is 4. The lowest BCUT2D eigenvalue weighted by atomic mass is 10.1. The van der Waals surface area contributed by atoms with Crippen molar-refractivity contribution >= 4 is 11.0 Å². The van der Waals surface area contributed by atoms with Crippen LogP contribution in [0.2, 0.25) is 0 Å². The quantitative estimate of drug-likeness (QED) is 0.508. The molecule has 0 saturated heterocycles. The molecule has 6 heteroatoms. The third kappa shape index (κ3) is 3.51. The molecule has 0 saturated carbocycles. The molecule has 27 heavy (non-hydrogen) atoms. The molecule has 2 heterocycles. The Labute approximate surface area is 156 Å². The van der Waals surface area contributed by atoms with Gasteiger partial charge in [0.2, 0.25) is 5.82 Å². The largest absolute Gasteiger partial charge is 0.423 e. The molecule has 0 fully saturated rings. The van der Waals surface area contributed by atoms with E-state index in [0.29, 0.717) is 18.0 Å². The molecule has 136 valence electrons. The Kier molecular flexibility index (Phi) is 4.54. The number of hydrogen-bond acceptors (Lipinski definition) is 5. The highest BCUT2D eigenvalue weighted by atomic mass is 16.4. The lowest BCUT2D eigenvalue weighted by molar-refractivity contribution is 0.545. The van der Waals surface area contributed by atoms with Crippen LogP contribution in [0.5, 0.6) is 0 Å². The van der Waals surface area contributed by atoms with Gasteiger partial charge in [-0.3, -0.25) is 0 Å². The second-order valence-corrected chi connectivity index (χ2v) is 6.47. The highest BCUT2D eigenvalue weighted by Gasteiger charge is 2.11. The summed E-state index contributed by atoms with van der Waals surface area (Å²) in [7, 11) is 0. The summed E-state index contributed by atoms with van der Waals surface area (Å²) in [6.45, 7) is 4.54. The average molecular weight is 360 g/mol. The van der Waals surface area contributed by atoms with Gasteiger partial charge in [0.15, 0.2) is 0 Å². The van der Waals surface area contributed by atoms with Crippen LogP contribution in [0.25, 0.3) is 22.4 Å². The van der Waals surface area contributed by atoms with Crippen LogP contribution in [0.4, 0.5) is 0 Å². The smallest absolute Gasteiger partial charge is 0.336 e. The molecule has 2 aromatic carbocycles. The first-order valence-corrected chi connectivity index (χ1v) is 9.09. The van der Waals surface area contributed by atoms with Crippen molar-refractivity contribution in [1.29, 1.82) is 0 Å². The fraction of sp³-hybridized carbons (Fsp3) is 0.238. The SMILES string of the molecule is CCc1ccc(-c2nnn(Cc3cc(=O)oc4cc(CC)ccc34)n2)cc1. The minimum atomic E-state index is -0.374. The van der Waals surface area contributed by atoms with Gasteiger partial charge in [-0.25, -0.2) is 4.79 Å². The molecule has 0 unspecified atom stereocenters. The van der Waals surface area contributed by atoms with Crippen LogP contribution in [0.3, 0.4) is 0 Å². The molecule has 0 spiro atoms. The third-order valence-corrected chi connectivity index (χ3v) is 4.69. The predicted octanol–water partition coefficient (Wildman–Crippen LogP) is 3.62. The fourth-order valence-electron chi connectivity index (χ4n) is 3.09. The molecule has 0 amide bonds. The van der Waals surface area contributed by atoms with Crippen molar-refractivity contribution in [3.05, 3.63) is 75.6 Å². The van der Waals surface area contributed by atoms with Crippen molar-refractivity contribution in [2.75, 3.05) is 0 Å². The second kappa shape index (κ2) is 7.15. The standard InChI is InChI=1S/C21H20N4O2/c1-3-14-5-8-16(9-6-14)21-22-24-25(23-21)13-17-12-20(26)27-19-11-15(4-2)7-10-18(17)19/h5-12H,3-4,13H2,1-2H3. The monoisotopic (exact) mass is 360 g/mol. The van der Waals surface area contributed by atoms with Gasteiger partial charge in [0, 0.05) is 17.0 Å². The van der Waals surface area contributed by atoms with Crippen LogP contribution in [0.1, 0.15) is 30.5 Å². The van der Waals surface area contributed by atoms with Crippen molar-refractivity contribution < 1.29 is 4.42 Å². The molecule has 0 bridgehead atoms. The summed E-state index contributed by atoms with van der Waals surface area (Å²) in [4.78, 5) is 13.5. The van der Waals surface area contributed by atoms with Crippen molar-refractivity contribution in [3.63, 3.8) is 0 Å². The first-order valence-electron chi connectivity index (χ1n) is 9.09. The number of nitrogens with zero attached hydrogens (tertiary/aromatic N) is 4. The van der Waals surface area contributed by atoms with Crippen molar-refractivity contribution in [2.24, 2.45) is 0 Å². The molecule has 6 nitrogen and oxygen atoms in total. The van der Waals surface area contributed by atoms with Crippen LogP contribution < -0.4 is 5.63 Å². The van der Waals surface area contributed by atoms with E-state index >= 15 is 0 Å². The molecule has 0 radical (unpaired) electrons. The molecule has 2 aromatic heterocycles. The highest BCUT2D eigenvalue weighted by Crippen LogP contribution is 2.20. The summed E-state index contributed by atoms with van der Waals surface area (Å²) in [5.74, 6) is 0.568. The summed E-state index contributed by atoms with van der Waals surface area (Å²) in [6.07, 6.45) is 1.87. The van der Waals surface area contributed by atoms with Gasteiger partial charge >= 0.3 is 5.63 Å². The maximum Gasteiger partial charge on any atom is 0.336 e. The van der Waals surface area contributed by atoms with Crippen molar-refractivity contribution in [3.8, 4) is 11.4 Å². The van der Waals surface area contributed by atoms with E-state index in [9.17, 15) is 4.79 Å². The number of aryl methyl sites for hydroxylation is 2. The van der Waals surface area contributed by atoms with E-state index < -0.39 is 0 Å². The fourth-order valence-corrected chi connectivity index (χ4v) is 3.09. The van der Waals surface area contributed by atoms with Gasteiger partial charge in [-0.2, -0.15) is 4.80 Å². The van der Waals surface area contributed by atoms with Gasteiger partial charge in [-0.15, -0.1) is 10.2 Å². The van der Waals surface area contributed by atoms with Crippen molar-refractivity contribution in [2.45, 2.75) is 33.2 Å².